The number of rotatable bonds is 10. The Hall–Kier alpha value is -2.99. The number of aryl methyl sites for hydroxylation is 1. The Balaban J connectivity index is 1.18. The molecule has 2 N–H and O–H groups in total. The Labute approximate surface area is 223 Å². The molecule has 4 aromatic rings. The van der Waals surface area contributed by atoms with Gasteiger partial charge in [0, 0.05) is 61.7 Å². The van der Waals surface area contributed by atoms with Crippen molar-refractivity contribution in [3.8, 4) is 0 Å². The molecule has 0 radical (unpaired) electrons. The SMILES string of the molecule is CN(CCCl)c1ccc(CNCCC[n+]2ccc(/C=C3/Nc4ccccc4S3)c3ccccc32)cc1. The average molecular weight is 516 g/mol. The normalized spacial score (nSPS) is 13.7. The molecule has 0 saturated carbocycles. The van der Waals surface area contributed by atoms with E-state index in [0.29, 0.717) is 5.88 Å². The van der Waals surface area contributed by atoms with Gasteiger partial charge in [0.15, 0.2) is 6.20 Å². The van der Waals surface area contributed by atoms with Crippen LogP contribution in [0.2, 0.25) is 0 Å². The van der Waals surface area contributed by atoms with Crippen LogP contribution in [0.4, 0.5) is 11.4 Å². The Bertz CT molecular complexity index is 1330. The highest BCUT2D eigenvalue weighted by Crippen LogP contribution is 2.41. The molecule has 1 aliphatic heterocycles. The number of alkyl halides is 1. The van der Waals surface area contributed by atoms with Crippen LogP contribution in [0.5, 0.6) is 0 Å². The van der Waals surface area contributed by atoms with Gasteiger partial charge in [-0.3, -0.25) is 0 Å². The van der Waals surface area contributed by atoms with Crippen LogP contribution < -0.4 is 20.1 Å². The van der Waals surface area contributed by atoms with E-state index >= 15 is 0 Å². The molecule has 0 saturated heterocycles. The van der Waals surface area contributed by atoms with Gasteiger partial charge in [-0.05, 0) is 47.5 Å². The Morgan fingerprint density at radius 3 is 2.64 bits per heavy atom. The second-order valence-electron chi connectivity index (χ2n) is 9.02. The van der Waals surface area contributed by atoms with Crippen LogP contribution in [-0.2, 0) is 13.1 Å². The van der Waals surface area contributed by atoms with E-state index in [9.17, 15) is 0 Å². The van der Waals surface area contributed by atoms with E-state index in [-0.39, 0.29) is 0 Å². The van der Waals surface area contributed by atoms with Gasteiger partial charge in [-0.15, -0.1) is 11.6 Å². The van der Waals surface area contributed by atoms with E-state index in [1.807, 2.05) is 0 Å². The van der Waals surface area contributed by atoms with Crippen LogP contribution in [0.25, 0.3) is 17.0 Å². The monoisotopic (exact) mass is 515 g/mol. The number of aromatic nitrogens is 1. The number of benzene rings is 3. The molecule has 4 nitrogen and oxygen atoms in total. The topological polar surface area (TPSA) is 31.2 Å². The first kappa shape index (κ1) is 24.7. The summed E-state index contributed by atoms with van der Waals surface area (Å²) >= 11 is 7.64. The lowest BCUT2D eigenvalue weighted by molar-refractivity contribution is -0.671. The summed E-state index contributed by atoms with van der Waals surface area (Å²) in [5.74, 6) is 0.638. The summed E-state index contributed by atoms with van der Waals surface area (Å²) in [5, 5.41) is 9.58. The molecule has 0 atom stereocenters. The fourth-order valence-electron chi connectivity index (χ4n) is 4.50. The minimum Gasteiger partial charge on any atom is -0.373 e. The molecule has 3 aromatic carbocycles. The number of nitrogens with zero attached hydrogens (tertiary/aromatic N) is 2. The molecule has 0 spiro atoms. The van der Waals surface area contributed by atoms with Gasteiger partial charge >= 0.3 is 0 Å². The Morgan fingerprint density at radius 1 is 1.00 bits per heavy atom. The molecule has 0 amide bonds. The van der Waals surface area contributed by atoms with Crippen LogP contribution in [-0.4, -0.2) is 26.0 Å². The summed E-state index contributed by atoms with van der Waals surface area (Å²) in [5.41, 5.74) is 6.20. The van der Waals surface area contributed by atoms with Gasteiger partial charge in [-0.1, -0.05) is 48.2 Å². The maximum atomic E-state index is 5.85. The van der Waals surface area contributed by atoms with E-state index in [2.05, 4.69) is 118 Å². The maximum absolute atomic E-state index is 5.85. The molecule has 0 aliphatic carbocycles. The van der Waals surface area contributed by atoms with E-state index < -0.39 is 0 Å². The molecule has 184 valence electrons. The predicted octanol–water partition coefficient (Wildman–Crippen LogP) is 6.50. The van der Waals surface area contributed by atoms with Crippen molar-refractivity contribution in [1.29, 1.82) is 0 Å². The average Bonchev–Trinajstić information content (AvgIpc) is 3.32. The van der Waals surface area contributed by atoms with Crippen LogP contribution in [0, 0.1) is 0 Å². The van der Waals surface area contributed by atoms with Crippen molar-refractivity contribution in [3.05, 3.63) is 101 Å². The third-order valence-electron chi connectivity index (χ3n) is 6.49. The largest absolute Gasteiger partial charge is 0.373 e. The summed E-state index contributed by atoms with van der Waals surface area (Å²) in [6.07, 6.45) is 5.55. The van der Waals surface area contributed by atoms with Crippen molar-refractivity contribution in [2.75, 3.05) is 36.2 Å². The standard InChI is InChI=1S/C30H31ClN4S/c1-34(20-16-31)25-13-11-23(12-14-25)22-32-17-6-18-35-19-15-24(26-7-2-4-9-28(26)35)21-30-33-27-8-3-5-10-29(27)36-30/h2-5,7-15,19,21,32H,6,16-18,20,22H2,1H3/p+1. The lowest BCUT2D eigenvalue weighted by atomic mass is 10.1. The molecule has 1 aliphatic rings. The first-order chi connectivity index (χ1) is 17.7. The highest BCUT2D eigenvalue weighted by atomic mass is 35.5. The minimum atomic E-state index is 0.638. The summed E-state index contributed by atoms with van der Waals surface area (Å²) in [4.78, 5) is 3.45. The minimum absolute atomic E-state index is 0.638. The first-order valence-corrected chi connectivity index (χ1v) is 13.8. The Morgan fingerprint density at radius 2 is 1.81 bits per heavy atom. The van der Waals surface area contributed by atoms with Gasteiger partial charge in [0.25, 0.3) is 0 Å². The quantitative estimate of drug-likeness (QED) is 0.143. The van der Waals surface area contributed by atoms with Crippen molar-refractivity contribution < 1.29 is 4.57 Å². The van der Waals surface area contributed by atoms with Gasteiger partial charge in [0.05, 0.1) is 16.1 Å². The number of halogens is 1. The van der Waals surface area contributed by atoms with Crippen molar-refractivity contribution in [2.24, 2.45) is 0 Å². The third kappa shape index (κ3) is 5.86. The molecular formula is C30H32ClN4S+. The second-order valence-corrected chi connectivity index (χ2v) is 10.5. The molecule has 6 heteroatoms. The number of hydrogen-bond acceptors (Lipinski definition) is 4. The molecule has 0 bridgehead atoms. The molecule has 36 heavy (non-hydrogen) atoms. The zero-order valence-corrected chi connectivity index (χ0v) is 22.2. The van der Waals surface area contributed by atoms with Gasteiger partial charge in [0.1, 0.15) is 6.54 Å². The number of pyridine rings is 1. The van der Waals surface area contributed by atoms with E-state index in [1.54, 1.807) is 11.8 Å². The van der Waals surface area contributed by atoms with Crippen molar-refractivity contribution in [2.45, 2.75) is 24.4 Å². The number of thioether (sulfide) groups is 1. The summed E-state index contributed by atoms with van der Waals surface area (Å²) < 4.78 is 2.37. The van der Waals surface area contributed by atoms with Crippen LogP contribution in [0.3, 0.4) is 0 Å². The van der Waals surface area contributed by atoms with Crippen molar-refractivity contribution >= 4 is 51.7 Å². The molecule has 0 fully saturated rings. The Kier molecular flexibility index (Phi) is 8.11. The van der Waals surface area contributed by atoms with E-state index in [0.717, 1.165) is 32.6 Å². The lowest BCUT2D eigenvalue weighted by Gasteiger charge is -2.18. The molecule has 1 aromatic heterocycles. The molecular weight excluding hydrogens is 484 g/mol. The molecule has 2 heterocycles. The predicted molar refractivity (Wildman–Crippen MR) is 155 cm³/mol. The van der Waals surface area contributed by atoms with Crippen molar-refractivity contribution in [1.82, 2.24) is 5.32 Å². The summed E-state index contributed by atoms with van der Waals surface area (Å²) in [7, 11) is 2.07. The highest BCUT2D eigenvalue weighted by molar-refractivity contribution is 8.03. The van der Waals surface area contributed by atoms with Crippen LogP contribution >= 0.6 is 23.4 Å². The number of hydrogen-bond donors (Lipinski definition) is 2. The fraction of sp³-hybridized carbons (Fsp3) is 0.233. The molecule has 5 rings (SSSR count). The summed E-state index contributed by atoms with van der Waals surface area (Å²) in [6, 6.07) is 28.1. The lowest BCUT2D eigenvalue weighted by Crippen LogP contribution is -2.35. The first-order valence-electron chi connectivity index (χ1n) is 12.4. The van der Waals surface area contributed by atoms with E-state index in [1.165, 1.54) is 43.3 Å². The highest BCUT2D eigenvalue weighted by Gasteiger charge is 2.17. The zero-order chi connectivity index (χ0) is 24.7. The van der Waals surface area contributed by atoms with Gasteiger partial charge < -0.3 is 15.5 Å². The zero-order valence-electron chi connectivity index (χ0n) is 20.6. The number of fused-ring (bicyclic) bond motifs is 2. The second kappa shape index (κ2) is 11.8. The fourth-order valence-corrected chi connectivity index (χ4v) is 5.72. The smallest absolute Gasteiger partial charge is 0.213 e. The van der Waals surface area contributed by atoms with Gasteiger partial charge in [-0.25, -0.2) is 0 Å². The number of nitrogens with one attached hydrogen (secondary N) is 2. The van der Waals surface area contributed by atoms with Crippen LogP contribution in [0.1, 0.15) is 17.5 Å². The van der Waals surface area contributed by atoms with E-state index in [4.69, 9.17) is 11.6 Å². The number of anilines is 2. The van der Waals surface area contributed by atoms with Gasteiger partial charge in [0.2, 0.25) is 5.52 Å². The third-order valence-corrected chi connectivity index (χ3v) is 7.67. The maximum Gasteiger partial charge on any atom is 0.213 e. The van der Waals surface area contributed by atoms with Gasteiger partial charge in [-0.2, -0.15) is 4.57 Å². The van der Waals surface area contributed by atoms with Crippen molar-refractivity contribution in [3.63, 3.8) is 0 Å². The molecule has 0 unspecified atom stereocenters. The summed E-state index contributed by atoms with van der Waals surface area (Å²) in [6.45, 7) is 3.68. The number of para-hydroxylation sites is 2. The van der Waals surface area contributed by atoms with Crippen LogP contribution in [0.15, 0.2) is 95.0 Å².